The normalized spacial score (nSPS) is 19.4. The van der Waals surface area contributed by atoms with Crippen LogP contribution in [-0.2, 0) is 19.4 Å². The SMILES string of the molecule is CCCc1ccc(=O)n(C/C(=C(/N)c2ccc(N3CCCC(C)(F)C3)c(CC)n2)N(C)N)c1. The molecule has 2 aromatic rings. The van der Waals surface area contributed by atoms with E-state index in [9.17, 15) is 9.18 Å². The quantitative estimate of drug-likeness (QED) is 0.468. The second-order valence-electron chi connectivity index (χ2n) is 9.18. The van der Waals surface area contributed by atoms with Crippen LogP contribution in [-0.4, -0.2) is 40.4 Å². The van der Waals surface area contributed by atoms with Crippen molar-refractivity contribution >= 4 is 11.4 Å². The predicted octanol–water partition coefficient (Wildman–Crippen LogP) is 3.22. The minimum absolute atomic E-state index is 0.112. The summed E-state index contributed by atoms with van der Waals surface area (Å²) in [4.78, 5) is 19.3. The van der Waals surface area contributed by atoms with Gasteiger partial charge in [0.2, 0.25) is 0 Å². The molecule has 0 amide bonds. The van der Waals surface area contributed by atoms with Crippen molar-refractivity contribution in [2.45, 2.75) is 65.1 Å². The lowest BCUT2D eigenvalue weighted by atomic mass is 9.96. The largest absolute Gasteiger partial charge is 0.395 e. The van der Waals surface area contributed by atoms with Gasteiger partial charge in [0, 0.05) is 25.9 Å². The van der Waals surface area contributed by atoms with E-state index in [4.69, 9.17) is 16.6 Å². The summed E-state index contributed by atoms with van der Waals surface area (Å²) in [5.74, 6) is 6.12. The molecule has 2 aromatic heterocycles. The number of nitrogens with zero attached hydrogens (tertiary/aromatic N) is 4. The Balaban J connectivity index is 1.96. The zero-order valence-corrected chi connectivity index (χ0v) is 20.3. The molecule has 0 spiro atoms. The molecule has 4 N–H and O–H groups in total. The van der Waals surface area contributed by atoms with Gasteiger partial charge in [0.25, 0.3) is 5.56 Å². The Morgan fingerprint density at radius 3 is 2.67 bits per heavy atom. The maximum Gasteiger partial charge on any atom is 0.250 e. The maximum absolute atomic E-state index is 14.6. The van der Waals surface area contributed by atoms with Crippen LogP contribution < -0.4 is 22.0 Å². The Labute approximate surface area is 195 Å². The molecule has 1 aliphatic rings. The van der Waals surface area contributed by atoms with E-state index in [0.717, 1.165) is 42.8 Å². The number of hydrazine groups is 1. The Bertz CT molecular complexity index is 1060. The van der Waals surface area contributed by atoms with Gasteiger partial charge in [-0.1, -0.05) is 26.3 Å². The Morgan fingerprint density at radius 1 is 1.27 bits per heavy atom. The third kappa shape index (κ3) is 5.93. The molecule has 0 aromatic carbocycles. The number of halogens is 1. The van der Waals surface area contributed by atoms with Gasteiger partial charge in [0.15, 0.2) is 0 Å². The second kappa shape index (κ2) is 10.4. The summed E-state index contributed by atoms with van der Waals surface area (Å²) in [6.45, 7) is 7.21. The predicted molar refractivity (Wildman–Crippen MR) is 132 cm³/mol. The standard InChI is InChI=1S/C25H37FN6O/c1-5-8-18-9-12-23(33)32(15-18)16-22(30(4)28)24(27)20-10-11-21(19(6-2)29-20)31-14-7-13-25(3,26)17-31/h9-12,15H,5-8,13-14,16-17,27-28H2,1-4H3/b24-22-. The van der Waals surface area contributed by atoms with E-state index in [-0.39, 0.29) is 12.1 Å². The second-order valence-corrected chi connectivity index (χ2v) is 9.18. The van der Waals surface area contributed by atoms with E-state index >= 15 is 0 Å². The number of aromatic nitrogens is 2. The third-order valence-electron chi connectivity index (χ3n) is 6.19. The lowest BCUT2D eigenvalue weighted by molar-refractivity contribution is 0.160. The summed E-state index contributed by atoms with van der Waals surface area (Å²) < 4.78 is 16.3. The first-order chi connectivity index (χ1) is 15.6. The summed E-state index contributed by atoms with van der Waals surface area (Å²) in [5, 5.41) is 1.44. The van der Waals surface area contributed by atoms with Crippen molar-refractivity contribution in [1.82, 2.24) is 14.6 Å². The topological polar surface area (TPSA) is 93.4 Å². The molecule has 0 aliphatic carbocycles. The van der Waals surface area contributed by atoms with Gasteiger partial charge in [-0.15, -0.1) is 0 Å². The van der Waals surface area contributed by atoms with E-state index in [1.807, 2.05) is 31.3 Å². The number of nitrogens with two attached hydrogens (primary N) is 2. The molecular weight excluding hydrogens is 419 g/mol. The molecular formula is C25H37FN6O. The number of rotatable bonds is 8. The van der Waals surface area contributed by atoms with Crippen LogP contribution >= 0.6 is 0 Å². The van der Waals surface area contributed by atoms with E-state index in [2.05, 4.69) is 11.8 Å². The number of likely N-dealkylation sites (N-methyl/N-ethyl adjacent to an activating group) is 1. The molecule has 0 radical (unpaired) electrons. The Morgan fingerprint density at radius 2 is 2.03 bits per heavy atom. The van der Waals surface area contributed by atoms with Crippen molar-refractivity contribution in [2.24, 2.45) is 11.6 Å². The van der Waals surface area contributed by atoms with Crippen LogP contribution in [0.5, 0.6) is 0 Å². The van der Waals surface area contributed by atoms with Crippen molar-refractivity contribution < 1.29 is 4.39 Å². The highest BCUT2D eigenvalue weighted by molar-refractivity contribution is 5.65. The van der Waals surface area contributed by atoms with Gasteiger partial charge < -0.3 is 20.2 Å². The Hall–Kier alpha value is -2.87. The zero-order chi connectivity index (χ0) is 24.2. The van der Waals surface area contributed by atoms with Crippen LogP contribution in [0.4, 0.5) is 10.1 Å². The first kappa shape index (κ1) is 24.8. The first-order valence-electron chi connectivity index (χ1n) is 11.8. The van der Waals surface area contributed by atoms with Crippen LogP contribution in [0.3, 0.4) is 0 Å². The van der Waals surface area contributed by atoms with Gasteiger partial charge in [-0.2, -0.15) is 0 Å². The van der Waals surface area contributed by atoms with Crippen molar-refractivity contribution in [2.75, 3.05) is 25.0 Å². The number of hydrogen-bond acceptors (Lipinski definition) is 6. The summed E-state index contributed by atoms with van der Waals surface area (Å²) >= 11 is 0. The highest BCUT2D eigenvalue weighted by atomic mass is 19.1. The minimum Gasteiger partial charge on any atom is -0.395 e. The molecule has 1 fully saturated rings. The number of pyridine rings is 2. The van der Waals surface area contributed by atoms with E-state index in [1.54, 1.807) is 24.6 Å². The van der Waals surface area contributed by atoms with Gasteiger partial charge in [0.05, 0.1) is 41.6 Å². The number of allylic oxidation sites excluding steroid dienone is 1. The van der Waals surface area contributed by atoms with Gasteiger partial charge in [-0.25, -0.2) is 15.2 Å². The van der Waals surface area contributed by atoms with E-state index in [1.165, 1.54) is 5.01 Å². The molecule has 33 heavy (non-hydrogen) atoms. The smallest absolute Gasteiger partial charge is 0.250 e. The molecule has 3 rings (SSSR count). The molecule has 7 nitrogen and oxygen atoms in total. The Kier molecular flexibility index (Phi) is 7.79. The van der Waals surface area contributed by atoms with Gasteiger partial charge >= 0.3 is 0 Å². The fraction of sp³-hybridized carbons (Fsp3) is 0.520. The van der Waals surface area contributed by atoms with Crippen LogP contribution in [0, 0.1) is 0 Å². The monoisotopic (exact) mass is 456 g/mol. The van der Waals surface area contributed by atoms with Crippen molar-refractivity contribution in [1.29, 1.82) is 0 Å². The summed E-state index contributed by atoms with van der Waals surface area (Å²) in [6.07, 6.45) is 5.84. The number of alkyl halides is 1. The molecule has 3 heterocycles. The fourth-order valence-corrected chi connectivity index (χ4v) is 4.43. The molecule has 1 saturated heterocycles. The lowest BCUT2D eigenvalue weighted by Crippen LogP contribution is -2.44. The maximum atomic E-state index is 14.6. The van der Waals surface area contributed by atoms with Gasteiger partial charge in [0.1, 0.15) is 5.67 Å². The highest BCUT2D eigenvalue weighted by Crippen LogP contribution is 2.31. The molecule has 1 aliphatic heterocycles. The molecule has 0 saturated carbocycles. The summed E-state index contributed by atoms with van der Waals surface area (Å²) in [7, 11) is 1.70. The average Bonchev–Trinajstić information content (AvgIpc) is 2.77. The summed E-state index contributed by atoms with van der Waals surface area (Å²) in [5.41, 5.74) is 9.75. The van der Waals surface area contributed by atoms with Gasteiger partial charge in [-0.3, -0.25) is 4.79 Å². The summed E-state index contributed by atoms with van der Waals surface area (Å²) in [6, 6.07) is 7.26. The third-order valence-corrected chi connectivity index (χ3v) is 6.19. The molecule has 8 heteroatoms. The van der Waals surface area contributed by atoms with Crippen LogP contribution in [0.2, 0.25) is 0 Å². The van der Waals surface area contributed by atoms with Crippen LogP contribution in [0.15, 0.2) is 41.0 Å². The van der Waals surface area contributed by atoms with Crippen LogP contribution in [0.25, 0.3) is 5.70 Å². The molecule has 1 atom stereocenters. The highest BCUT2D eigenvalue weighted by Gasteiger charge is 2.31. The number of anilines is 1. The number of hydrogen-bond donors (Lipinski definition) is 2. The van der Waals surface area contributed by atoms with E-state index < -0.39 is 5.67 Å². The molecule has 1 unspecified atom stereocenters. The average molecular weight is 457 g/mol. The molecule has 0 bridgehead atoms. The minimum atomic E-state index is -1.20. The molecule has 180 valence electrons. The fourth-order valence-electron chi connectivity index (χ4n) is 4.43. The first-order valence-corrected chi connectivity index (χ1v) is 11.8. The van der Waals surface area contributed by atoms with Crippen molar-refractivity contribution in [3.63, 3.8) is 0 Å². The van der Waals surface area contributed by atoms with Gasteiger partial charge in [-0.05, 0) is 50.3 Å². The number of piperidine rings is 1. The van der Waals surface area contributed by atoms with Crippen molar-refractivity contribution in [3.05, 3.63) is 63.5 Å². The van der Waals surface area contributed by atoms with Crippen LogP contribution in [0.1, 0.15) is 57.0 Å². The van der Waals surface area contributed by atoms with Crippen molar-refractivity contribution in [3.8, 4) is 0 Å². The zero-order valence-electron chi connectivity index (χ0n) is 20.3. The number of aryl methyl sites for hydroxylation is 2. The van der Waals surface area contributed by atoms with E-state index in [0.29, 0.717) is 36.5 Å². The lowest BCUT2D eigenvalue weighted by Gasteiger charge is -2.37.